The Bertz CT molecular complexity index is 990. The summed E-state index contributed by atoms with van der Waals surface area (Å²) in [6.07, 6.45) is 1.50. The van der Waals surface area contributed by atoms with E-state index in [1.165, 1.54) is 20.5 Å². The number of methoxy groups -OCH3 is 2. The molecule has 9 nitrogen and oxygen atoms in total. The van der Waals surface area contributed by atoms with Gasteiger partial charge in [0.1, 0.15) is 22.9 Å². The third-order valence-corrected chi connectivity index (χ3v) is 5.43. The third kappa shape index (κ3) is 3.81. The first kappa shape index (κ1) is 18.9. The lowest BCUT2D eigenvalue weighted by Crippen LogP contribution is -2.19. The zero-order valence-electron chi connectivity index (χ0n) is 15.0. The van der Waals surface area contributed by atoms with Gasteiger partial charge < -0.3 is 19.6 Å². The molecule has 0 fully saturated rings. The second-order valence-electron chi connectivity index (χ2n) is 5.64. The number of para-hydroxylation sites is 1. The van der Waals surface area contributed by atoms with E-state index in [0.29, 0.717) is 28.8 Å². The average Bonchev–Trinajstić information content (AvgIpc) is 3.30. The van der Waals surface area contributed by atoms with E-state index >= 15 is 0 Å². The van der Waals surface area contributed by atoms with Crippen molar-refractivity contribution in [1.82, 2.24) is 14.8 Å². The fourth-order valence-corrected chi connectivity index (χ4v) is 3.79. The maximum absolute atomic E-state index is 12.3. The maximum Gasteiger partial charge on any atom is 0.204 e. The highest BCUT2D eigenvalue weighted by Gasteiger charge is 2.26. The lowest BCUT2D eigenvalue weighted by molar-refractivity contribution is 0.390. The van der Waals surface area contributed by atoms with Gasteiger partial charge in [0.25, 0.3) is 0 Å². The SMILES string of the molecule is COc1cccc(OC)c1-n1c(CS(=O)(=O)CCN)nnc1-c1ccco1. The van der Waals surface area contributed by atoms with E-state index in [9.17, 15) is 8.42 Å². The Morgan fingerprint density at radius 2 is 1.81 bits per heavy atom. The van der Waals surface area contributed by atoms with Gasteiger partial charge in [-0.15, -0.1) is 10.2 Å². The van der Waals surface area contributed by atoms with Crippen molar-refractivity contribution in [2.75, 3.05) is 26.5 Å². The fraction of sp³-hybridized carbons (Fsp3) is 0.294. The summed E-state index contributed by atoms with van der Waals surface area (Å²) in [4.78, 5) is 0. The zero-order valence-corrected chi connectivity index (χ0v) is 15.8. The zero-order chi connectivity index (χ0) is 19.4. The van der Waals surface area contributed by atoms with Crippen LogP contribution in [0.15, 0.2) is 41.0 Å². The van der Waals surface area contributed by atoms with Crippen LogP contribution in [-0.2, 0) is 15.6 Å². The van der Waals surface area contributed by atoms with Crippen molar-refractivity contribution in [3.63, 3.8) is 0 Å². The third-order valence-electron chi connectivity index (χ3n) is 3.87. The van der Waals surface area contributed by atoms with Gasteiger partial charge in [-0.05, 0) is 24.3 Å². The summed E-state index contributed by atoms with van der Waals surface area (Å²) in [5.41, 5.74) is 5.90. The molecule has 3 rings (SSSR count). The van der Waals surface area contributed by atoms with Crippen LogP contribution < -0.4 is 15.2 Å². The number of nitrogens with zero attached hydrogens (tertiary/aromatic N) is 3. The van der Waals surface area contributed by atoms with Crippen LogP contribution in [-0.4, -0.2) is 49.7 Å². The highest BCUT2D eigenvalue weighted by atomic mass is 32.2. The van der Waals surface area contributed by atoms with E-state index in [1.54, 1.807) is 34.9 Å². The molecular formula is C17H20N4O5S. The number of hydrogen-bond donors (Lipinski definition) is 1. The molecule has 0 aliphatic carbocycles. The number of aromatic nitrogens is 3. The molecule has 0 spiro atoms. The van der Waals surface area contributed by atoms with Crippen LogP contribution in [0.2, 0.25) is 0 Å². The van der Waals surface area contributed by atoms with Crippen LogP contribution in [0.1, 0.15) is 5.82 Å². The van der Waals surface area contributed by atoms with Gasteiger partial charge in [-0.2, -0.15) is 0 Å². The Balaban J connectivity index is 2.26. The molecule has 0 aliphatic heterocycles. The first-order chi connectivity index (χ1) is 13.0. The standard InChI is InChI=1S/C17H20N4O5S/c1-24-12-5-3-6-13(25-2)16(12)21-15(11-27(22,23)10-8-18)19-20-17(21)14-7-4-9-26-14/h3-7,9H,8,10-11,18H2,1-2H3. The number of hydrogen-bond acceptors (Lipinski definition) is 8. The van der Waals surface area contributed by atoms with Crippen LogP contribution in [0.25, 0.3) is 17.3 Å². The van der Waals surface area contributed by atoms with E-state index in [-0.39, 0.29) is 23.9 Å². The Kier molecular flexibility index (Phi) is 5.47. The smallest absolute Gasteiger partial charge is 0.204 e. The summed E-state index contributed by atoms with van der Waals surface area (Å²) < 4.78 is 42.6. The molecule has 0 unspecified atom stereocenters. The molecule has 3 aromatic rings. The quantitative estimate of drug-likeness (QED) is 0.611. The predicted octanol–water partition coefficient (Wildman–Crippen LogP) is 1.42. The van der Waals surface area contributed by atoms with Crippen molar-refractivity contribution in [2.45, 2.75) is 5.75 Å². The van der Waals surface area contributed by atoms with Gasteiger partial charge >= 0.3 is 0 Å². The number of ether oxygens (including phenoxy) is 2. The summed E-state index contributed by atoms with van der Waals surface area (Å²) in [5, 5.41) is 8.23. The molecule has 1 aromatic carbocycles. The lowest BCUT2D eigenvalue weighted by Gasteiger charge is -2.16. The first-order valence-corrected chi connectivity index (χ1v) is 9.93. The largest absolute Gasteiger partial charge is 0.494 e. The van der Waals surface area contributed by atoms with Gasteiger partial charge in [-0.3, -0.25) is 4.57 Å². The van der Waals surface area contributed by atoms with Gasteiger partial charge in [0.05, 0.1) is 26.2 Å². The van der Waals surface area contributed by atoms with Crippen LogP contribution in [0, 0.1) is 0 Å². The minimum atomic E-state index is -3.47. The highest BCUT2D eigenvalue weighted by molar-refractivity contribution is 7.90. The number of nitrogens with two attached hydrogens (primary N) is 1. The average molecular weight is 392 g/mol. The normalized spacial score (nSPS) is 11.5. The van der Waals surface area contributed by atoms with Crippen molar-refractivity contribution in [3.8, 4) is 28.8 Å². The van der Waals surface area contributed by atoms with Crippen molar-refractivity contribution < 1.29 is 22.3 Å². The lowest BCUT2D eigenvalue weighted by atomic mass is 10.2. The molecule has 0 saturated carbocycles. The topological polar surface area (TPSA) is 122 Å². The molecule has 27 heavy (non-hydrogen) atoms. The molecule has 0 radical (unpaired) electrons. The molecule has 0 bridgehead atoms. The monoisotopic (exact) mass is 392 g/mol. The summed E-state index contributed by atoms with van der Waals surface area (Å²) in [5.74, 6) is 1.42. The van der Waals surface area contributed by atoms with Gasteiger partial charge in [-0.25, -0.2) is 8.42 Å². The number of furan rings is 1. The van der Waals surface area contributed by atoms with E-state index in [1.807, 2.05) is 0 Å². The van der Waals surface area contributed by atoms with Crippen molar-refractivity contribution in [2.24, 2.45) is 5.73 Å². The Morgan fingerprint density at radius 3 is 2.37 bits per heavy atom. The summed E-state index contributed by atoms with van der Waals surface area (Å²) in [7, 11) is -0.443. The molecule has 0 atom stereocenters. The summed E-state index contributed by atoms with van der Waals surface area (Å²) >= 11 is 0. The van der Waals surface area contributed by atoms with E-state index in [2.05, 4.69) is 10.2 Å². The molecule has 0 saturated heterocycles. The molecular weight excluding hydrogens is 372 g/mol. The maximum atomic E-state index is 12.3. The Labute approximate surface area is 156 Å². The van der Waals surface area contributed by atoms with E-state index in [4.69, 9.17) is 19.6 Å². The Hall–Kier alpha value is -2.85. The van der Waals surface area contributed by atoms with Crippen LogP contribution in [0.4, 0.5) is 0 Å². The van der Waals surface area contributed by atoms with Crippen molar-refractivity contribution >= 4 is 9.84 Å². The molecule has 0 amide bonds. The molecule has 2 aromatic heterocycles. The summed E-state index contributed by atoms with van der Waals surface area (Å²) in [6.45, 7) is 0.0273. The Morgan fingerprint density at radius 1 is 1.11 bits per heavy atom. The van der Waals surface area contributed by atoms with Crippen LogP contribution >= 0.6 is 0 Å². The second-order valence-corrected chi connectivity index (χ2v) is 7.83. The molecule has 0 aliphatic rings. The van der Waals surface area contributed by atoms with Gasteiger partial charge in [0, 0.05) is 6.54 Å². The van der Waals surface area contributed by atoms with Gasteiger partial charge in [0.2, 0.25) is 5.82 Å². The predicted molar refractivity (Wildman–Crippen MR) is 98.7 cm³/mol. The van der Waals surface area contributed by atoms with Crippen LogP contribution in [0.3, 0.4) is 0 Å². The fourth-order valence-electron chi connectivity index (χ4n) is 2.71. The number of benzene rings is 1. The van der Waals surface area contributed by atoms with Crippen molar-refractivity contribution in [1.29, 1.82) is 0 Å². The molecule has 144 valence electrons. The number of rotatable bonds is 8. The van der Waals surface area contributed by atoms with E-state index < -0.39 is 9.84 Å². The summed E-state index contributed by atoms with van der Waals surface area (Å²) in [6, 6.07) is 8.66. The molecule has 10 heteroatoms. The minimum Gasteiger partial charge on any atom is -0.494 e. The minimum absolute atomic E-state index is 0.0273. The van der Waals surface area contributed by atoms with Crippen LogP contribution in [0.5, 0.6) is 11.5 Å². The molecule has 2 heterocycles. The van der Waals surface area contributed by atoms with Gasteiger partial charge in [-0.1, -0.05) is 6.07 Å². The van der Waals surface area contributed by atoms with Gasteiger partial charge in [0.15, 0.2) is 21.4 Å². The number of sulfone groups is 1. The first-order valence-electron chi connectivity index (χ1n) is 8.10. The van der Waals surface area contributed by atoms with Crippen molar-refractivity contribution in [3.05, 3.63) is 42.4 Å². The second kappa shape index (κ2) is 7.80. The van der Waals surface area contributed by atoms with E-state index in [0.717, 1.165) is 0 Å². The highest BCUT2D eigenvalue weighted by Crippen LogP contribution is 2.36. The molecule has 2 N–H and O–H groups in total.